The highest BCUT2D eigenvalue weighted by atomic mass is 19.4. The third-order valence-corrected chi connectivity index (χ3v) is 3.63. The minimum atomic E-state index is -4.40. The molecule has 0 N–H and O–H groups in total. The summed E-state index contributed by atoms with van der Waals surface area (Å²) in [5.74, 6) is 0. The van der Waals surface area contributed by atoms with Crippen LogP contribution in [0.25, 0.3) is 0 Å². The fourth-order valence-electron chi connectivity index (χ4n) is 2.45. The van der Waals surface area contributed by atoms with Crippen LogP contribution in [0.1, 0.15) is 59.1 Å². The molecular weight excluding hydrogens is 280 g/mol. The highest BCUT2D eigenvalue weighted by Crippen LogP contribution is 2.50. The van der Waals surface area contributed by atoms with Crippen molar-refractivity contribution in [3.8, 4) is 0 Å². The molecule has 0 bridgehead atoms. The van der Waals surface area contributed by atoms with Crippen molar-refractivity contribution in [2.75, 3.05) is 0 Å². The molecule has 4 heteroatoms. The van der Waals surface area contributed by atoms with E-state index in [-0.39, 0.29) is 11.8 Å². The van der Waals surface area contributed by atoms with Crippen LogP contribution < -0.4 is 0 Å². The Morgan fingerprint density at radius 2 is 1.10 bits per heavy atom. The Kier molecular flexibility index (Phi) is 4.53. The predicted molar refractivity (Wildman–Crippen MR) is 77.8 cm³/mol. The van der Waals surface area contributed by atoms with Crippen molar-refractivity contribution in [1.82, 2.24) is 0 Å². The van der Waals surface area contributed by atoms with Gasteiger partial charge in [-0.25, -0.2) is 4.39 Å². The van der Waals surface area contributed by atoms with Crippen molar-refractivity contribution in [3.63, 3.8) is 0 Å². The smallest absolute Gasteiger partial charge is 0.238 e. The van der Waals surface area contributed by atoms with Gasteiger partial charge < -0.3 is 0 Å². The van der Waals surface area contributed by atoms with E-state index in [9.17, 15) is 13.2 Å². The van der Waals surface area contributed by atoms with Crippen LogP contribution in [0.2, 0.25) is 0 Å². The van der Waals surface area contributed by atoms with Gasteiger partial charge in [-0.2, -0.15) is 13.2 Å². The second kappa shape index (κ2) is 5.29. The third kappa shape index (κ3) is 4.21. The largest absolute Gasteiger partial charge is 0.416 e. The first-order valence-corrected chi connectivity index (χ1v) is 7.03. The summed E-state index contributed by atoms with van der Waals surface area (Å²) in [5, 5.41) is 0. The molecule has 0 saturated carbocycles. The second-order valence-corrected chi connectivity index (χ2v) is 7.86. The van der Waals surface area contributed by atoms with Crippen LogP contribution in [0.15, 0.2) is 24.3 Å². The van der Waals surface area contributed by atoms with Gasteiger partial charge in [-0.15, -0.1) is 0 Å². The lowest BCUT2D eigenvalue weighted by atomic mass is 9.66. The average molecular weight is 304 g/mol. The van der Waals surface area contributed by atoms with Gasteiger partial charge in [0.1, 0.15) is 5.67 Å². The van der Waals surface area contributed by atoms with E-state index in [1.54, 1.807) is 20.8 Å². The summed E-state index contributed by atoms with van der Waals surface area (Å²) in [5.41, 5.74) is -3.11. The molecule has 0 nitrogen and oxygen atoms in total. The molecule has 0 saturated heterocycles. The zero-order valence-electron chi connectivity index (χ0n) is 13.5. The molecule has 1 aromatic carbocycles. The number of halogens is 4. The number of alkyl halides is 4. The van der Waals surface area contributed by atoms with Gasteiger partial charge in [-0.05, 0) is 29.5 Å². The van der Waals surface area contributed by atoms with Crippen LogP contribution in [0, 0.1) is 10.8 Å². The number of hydrogen-bond acceptors (Lipinski definition) is 0. The maximum absolute atomic E-state index is 15.7. The molecule has 1 unspecified atom stereocenters. The molecule has 21 heavy (non-hydrogen) atoms. The quantitative estimate of drug-likeness (QED) is 0.558. The summed E-state index contributed by atoms with van der Waals surface area (Å²) < 4.78 is 53.6. The van der Waals surface area contributed by atoms with Crippen LogP contribution in [0.5, 0.6) is 0 Å². The van der Waals surface area contributed by atoms with Gasteiger partial charge >= 0.3 is 6.18 Å². The molecule has 0 spiro atoms. The van der Waals surface area contributed by atoms with Crippen LogP contribution in [-0.2, 0) is 11.8 Å². The van der Waals surface area contributed by atoms with Crippen molar-refractivity contribution < 1.29 is 17.6 Å². The van der Waals surface area contributed by atoms with Gasteiger partial charge in [0.25, 0.3) is 0 Å². The normalized spacial score (nSPS) is 16.7. The maximum Gasteiger partial charge on any atom is 0.416 e. The second-order valence-electron chi connectivity index (χ2n) is 7.86. The molecule has 0 aliphatic heterocycles. The van der Waals surface area contributed by atoms with Gasteiger partial charge in [0.2, 0.25) is 0 Å². The summed E-state index contributed by atoms with van der Waals surface area (Å²) >= 11 is 0. The first-order chi connectivity index (χ1) is 9.17. The van der Waals surface area contributed by atoms with Crippen molar-refractivity contribution >= 4 is 0 Å². The Bertz CT molecular complexity index is 471. The summed E-state index contributed by atoms with van der Waals surface area (Å²) in [7, 11) is 0. The van der Waals surface area contributed by atoms with Gasteiger partial charge in [-0.3, -0.25) is 0 Å². The number of benzene rings is 1. The van der Waals surface area contributed by atoms with E-state index in [1.165, 1.54) is 12.1 Å². The van der Waals surface area contributed by atoms with Crippen LogP contribution in [0.3, 0.4) is 0 Å². The molecule has 0 amide bonds. The Hall–Kier alpha value is -1.06. The predicted octanol–water partition coefficient (Wildman–Crippen LogP) is 6.35. The summed E-state index contributed by atoms with van der Waals surface area (Å²) in [6.07, 6.45) is -4.15. The third-order valence-electron chi connectivity index (χ3n) is 3.63. The van der Waals surface area contributed by atoms with Gasteiger partial charge in [0, 0.05) is 5.41 Å². The molecule has 0 heterocycles. The molecular formula is C17H24F4. The zero-order chi connectivity index (χ0) is 16.7. The topological polar surface area (TPSA) is 0 Å². The fourth-order valence-corrected chi connectivity index (χ4v) is 2.45. The summed E-state index contributed by atoms with van der Waals surface area (Å²) in [4.78, 5) is 0. The van der Waals surface area contributed by atoms with Crippen LogP contribution >= 0.6 is 0 Å². The lowest BCUT2D eigenvalue weighted by Crippen LogP contribution is -2.39. The molecule has 0 aliphatic carbocycles. The zero-order valence-corrected chi connectivity index (χ0v) is 13.5. The highest BCUT2D eigenvalue weighted by molar-refractivity contribution is 5.30. The van der Waals surface area contributed by atoms with Gasteiger partial charge in [0.05, 0.1) is 5.56 Å². The Balaban J connectivity index is 3.29. The van der Waals surface area contributed by atoms with E-state index in [4.69, 9.17) is 0 Å². The van der Waals surface area contributed by atoms with Crippen LogP contribution in [0.4, 0.5) is 17.6 Å². The molecule has 1 atom stereocenters. The van der Waals surface area contributed by atoms with Crippen molar-refractivity contribution in [2.24, 2.45) is 10.8 Å². The highest BCUT2D eigenvalue weighted by Gasteiger charge is 2.46. The molecule has 0 radical (unpaired) electrons. The van der Waals surface area contributed by atoms with E-state index in [0.29, 0.717) is 5.56 Å². The Morgan fingerprint density at radius 3 is 1.38 bits per heavy atom. The molecule has 1 rings (SSSR count). The van der Waals surface area contributed by atoms with E-state index in [0.717, 1.165) is 12.1 Å². The monoisotopic (exact) mass is 304 g/mol. The van der Waals surface area contributed by atoms with E-state index < -0.39 is 22.8 Å². The minimum absolute atomic E-state index is 0.245. The first kappa shape index (κ1) is 18.0. The minimum Gasteiger partial charge on any atom is -0.238 e. The molecule has 0 aromatic heterocycles. The number of hydrogen-bond donors (Lipinski definition) is 0. The van der Waals surface area contributed by atoms with E-state index >= 15 is 4.39 Å². The Labute approximate surface area is 124 Å². The van der Waals surface area contributed by atoms with E-state index in [1.807, 2.05) is 20.8 Å². The van der Waals surface area contributed by atoms with Crippen molar-refractivity contribution in [3.05, 3.63) is 35.4 Å². The van der Waals surface area contributed by atoms with Crippen molar-refractivity contribution in [2.45, 2.75) is 59.8 Å². The molecule has 0 aliphatic rings. The lowest BCUT2D eigenvalue weighted by Gasteiger charge is -2.42. The number of rotatable bonds is 2. The molecule has 0 fully saturated rings. The van der Waals surface area contributed by atoms with Crippen molar-refractivity contribution in [1.29, 1.82) is 0 Å². The average Bonchev–Trinajstić information content (AvgIpc) is 2.24. The SMILES string of the molecule is CC(C)(C)CC(F)(c1ccc(C(F)(F)F)cc1)C(C)(C)C. The standard InChI is InChI=1S/C17H24F4/c1-14(2,3)11-16(18,15(4,5)6)12-7-9-13(10-8-12)17(19,20)21/h7-10H,11H2,1-6H3. The van der Waals surface area contributed by atoms with Gasteiger partial charge in [-0.1, -0.05) is 53.7 Å². The lowest BCUT2D eigenvalue weighted by molar-refractivity contribution is -0.137. The summed E-state index contributed by atoms with van der Waals surface area (Å²) in [6, 6.07) is 4.44. The summed E-state index contributed by atoms with van der Waals surface area (Å²) in [6.45, 7) is 11.1. The van der Waals surface area contributed by atoms with Gasteiger partial charge in [0.15, 0.2) is 0 Å². The Morgan fingerprint density at radius 1 is 0.714 bits per heavy atom. The van der Waals surface area contributed by atoms with E-state index in [2.05, 4.69) is 0 Å². The maximum atomic E-state index is 15.7. The fraction of sp³-hybridized carbons (Fsp3) is 0.647. The molecule has 1 aromatic rings. The molecule has 120 valence electrons. The first-order valence-electron chi connectivity index (χ1n) is 7.03. The van der Waals surface area contributed by atoms with Crippen LogP contribution in [-0.4, -0.2) is 0 Å².